The predicted molar refractivity (Wildman–Crippen MR) is 100 cm³/mol. The monoisotopic (exact) mass is 358 g/mol. The molecule has 1 aliphatic carbocycles. The van der Waals surface area contributed by atoms with Gasteiger partial charge < -0.3 is 9.47 Å². The maximum Gasteiger partial charge on any atom is 0.339 e. The molecule has 0 aromatic heterocycles. The second-order valence-corrected chi connectivity index (χ2v) is 7.71. The number of carbonyl (C=O) groups is 2. The molecular formula is C22H30O4. The van der Waals surface area contributed by atoms with Gasteiger partial charge in [-0.1, -0.05) is 44.2 Å². The molecular weight excluding hydrogens is 328 g/mol. The van der Waals surface area contributed by atoms with Crippen LogP contribution in [0.25, 0.3) is 0 Å². The van der Waals surface area contributed by atoms with E-state index in [4.69, 9.17) is 9.47 Å². The van der Waals surface area contributed by atoms with Gasteiger partial charge in [0.15, 0.2) is 0 Å². The predicted octanol–water partition coefficient (Wildman–Crippen LogP) is 5.16. The van der Waals surface area contributed by atoms with Crippen LogP contribution >= 0.6 is 0 Å². The summed E-state index contributed by atoms with van der Waals surface area (Å²) >= 11 is 0. The van der Waals surface area contributed by atoms with Gasteiger partial charge in [-0.3, -0.25) is 0 Å². The van der Waals surface area contributed by atoms with E-state index < -0.39 is 11.9 Å². The Morgan fingerprint density at radius 1 is 0.654 bits per heavy atom. The first-order valence-corrected chi connectivity index (χ1v) is 10.2. The maximum atomic E-state index is 12.4. The van der Waals surface area contributed by atoms with E-state index in [0.717, 1.165) is 37.5 Å². The Balaban J connectivity index is 1.71. The Morgan fingerprint density at radius 2 is 1.12 bits per heavy atom. The summed E-state index contributed by atoms with van der Waals surface area (Å²) in [6.45, 7) is 0.840. The van der Waals surface area contributed by atoms with Crippen molar-refractivity contribution in [2.75, 3.05) is 13.2 Å². The van der Waals surface area contributed by atoms with E-state index in [0.29, 0.717) is 24.3 Å². The van der Waals surface area contributed by atoms with Crippen LogP contribution in [0, 0.1) is 11.8 Å². The Labute approximate surface area is 156 Å². The van der Waals surface area contributed by atoms with Crippen molar-refractivity contribution in [1.29, 1.82) is 0 Å². The van der Waals surface area contributed by atoms with Crippen LogP contribution in [0.3, 0.4) is 0 Å². The maximum absolute atomic E-state index is 12.4. The average Bonchev–Trinajstić information content (AvgIpc) is 2.64. The average molecular weight is 358 g/mol. The van der Waals surface area contributed by atoms with E-state index in [1.54, 1.807) is 24.3 Å². The molecule has 2 aliphatic rings. The molecule has 1 fully saturated rings. The molecule has 1 aromatic carbocycles. The molecule has 4 nitrogen and oxygen atoms in total. The lowest BCUT2D eigenvalue weighted by molar-refractivity contribution is 0.0450. The number of carbonyl (C=O) groups excluding carboxylic acids is 2. The van der Waals surface area contributed by atoms with Crippen molar-refractivity contribution in [1.82, 2.24) is 0 Å². The van der Waals surface area contributed by atoms with Crippen molar-refractivity contribution in [2.45, 2.75) is 64.2 Å². The first-order valence-electron chi connectivity index (χ1n) is 10.2. The zero-order chi connectivity index (χ0) is 18.2. The van der Waals surface area contributed by atoms with Crippen molar-refractivity contribution in [3.05, 3.63) is 35.4 Å². The molecule has 3 rings (SSSR count). The van der Waals surface area contributed by atoms with E-state index in [1.807, 2.05) is 0 Å². The minimum absolute atomic E-state index is 0.305. The highest BCUT2D eigenvalue weighted by Gasteiger charge is 2.22. The zero-order valence-corrected chi connectivity index (χ0v) is 15.6. The van der Waals surface area contributed by atoms with E-state index in [2.05, 4.69) is 0 Å². The van der Waals surface area contributed by atoms with E-state index in [9.17, 15) is 9.59 Å². The largest absolute Gasteiger partial charge is 0.462 e. The summed E-state index contributed by atoms with van der Waals surface area (Å²) in [7, 11) is 0. The van der Waals surface area contributed by atoms with Gasteiger partial charge in [-0.15, -0.1) is 0 Å². The van der Waals surface area contributed by atoms with E-state index in [-0.39, 0.29) is 0 Å². The molecule has 0 N–H and O–H groups in total. The fourth-order valence-electron chi connectivity index (χ4n) is 4.34. The molecule has 1 saturated carbocycles. The standard InChI is InChI=1S/C22H30O4/c23-21-19-12-4-5-13-20(19)22(24)26-15-7-11-18-9-3-1-2-8-17(16-18)10-6-14-25-21/h4-5,12-13,17-18H,1-3,6-11,14-16H2. The molecule has 2 bridgehead atoms. The van der Waals surface area contributed by atoms with Gasteiger partial charge >= 0.3 is 11.9 Å². The fraction of sp³-hybridized carbons (Fsp3) is 0.636. The molecule has 1 aliphatic heterocycles. The number of cyclic esters (lactones) is 2. The highest BCUT2D eigenvalue weighted by Crippen LogP contribution is 2.32. The lowest BCUT2D eigenvalue weighted by atomic mass is 9.80. The van der Waals surface area contributed by atoms with Crippen LogP contribution in [0.4, 0.5) is 0 Å². The number of hydrogen-bond donors (Lipinski definition) is 0. The van der Waals surface area contributed by atoms with Crippen molar-refractivity contribution >= 4 is 11.9 Å². The molecule has 1 aromatic rings. The molecule has 2 atom stereocenters. The van der Waals surface area contributed by atoms with Crippen LogP contribution in [0.5, 0.6) is 0 Å². The van der Waals surface area contributed by atoms with Crippen LogP contribution in [-0.2, 0) is 9.47 Å². The summed E-state index contributed by atoms with van der Waals surface area (Å²) in [5, 5.41) is 0. The first-order chi connectivity index (χ1) is 12.7. The number of benzene rings is 1. The summed E-state index contributed by atoms with van der Waals surface area (Å²) in [5.41, 5.74) is 0.611. The topological polar surface area (TPSA) is 52.6 Å². The highest BCUT2D eigenvalue weighted by molar-refractivity contribution is 6.03. The lowest BCUT2D eigenvalue weighted by Crippen LogP contribution is -2.15. The lowest BCUT2D eigenvalue weighted by Gasteiger charge is -2.26. The smallest absolute Gasteiger partial charge is 0.339 e. The van der Waals surface area contributed by atoms with Gasteiger partial charge in [0, 0.05) is 0 Å². The number of ether oxygens (including phenoxy) is 2. The Hall–Kier alpha value is -1.84. The summed E-state index contributed by atoms with van der Waals surface area (Å²) in [6, 6.07) is 6.77. The number of hydrogen-bond acceptors (Lipinski definition) is 4. The highest BCUT2D eigenvalue weighted by atomic mass is 16.5. The quantitative estimate of drug-likeness (QED) is 0.601. The van der Waals surface area contributed by atoms with Gasteiger partial charge in [0.05, 0.1) is 24.3 Å². The van der Waals surface area contributed by atoms with Crippen molar-refractivity contribution < 1.29 is 19.1 Å². The van der Waals surface area contributed by atoms with Gasteiger partial charge in [0.25, 0.3) is 0 Å². The number of rotatable bonds is 0. The molecule has 0 spiro atoms. The molecule has 0 radical (unpaired) electrons. The van der Waals surface area contributed by atoms with Crippen molar-refractivity contribution in [3.8, 4) is 0 Å². The van der Waals surface area contributed by atoms with Crippen molar-refractivity contribution in [2.24, 2.45) is 11.8 Å². The van der Waals surface area contributed by atoms with Crippen LogP contribution in [-0.4, -0.2) is 25.2 Å². The Kier molecular flexibility index (Phi) is 7.10. The van der Waals surface area contributed by atoms with Crippen LogP contribution < -0.4 is 0 Å². The summed E-state index contributed by atoms with van der Waals surface area (Å²) < 4.78 is 10.9. The van der Waals surface area contributed by atoms with E-state index >= 15 is 0 Å². The van der Waals surface area contributed by atoms with Gasteiger partial charge in [0.1, 0.15) is 0 Å². The van der Waals surface area contributed by atoms with Crippen LogP contribution in [0.2, 0.25) is 0 Å². The minimum Gasteiger partial charge on any atom is -0.462 e. The third-order valence-electron chi connectivity index (χ3n) is 5.74. The number of esters is 2. The third-order valence-corrected chi connectivity index (χ3v) is 5.74. The third kappa shape index (κ3) is 5.33. The molecule has 1 heterocycles. The molecule has 0 saturated heterocycles. The SMILES string of the molecule is O=C1OCCCC2CCCCCC(CCCOC(=O)c3ccccc31)C2. The van der Waals surface area contributed by atoms with Gasteiger partial charge in [-0.2, -0.15) is 0 Å². The number of fused-ring (bicyclic) bond motifs is 3. The molecule has 4 heteroatoms. The van der Waals surface area contributed by atoms with Crippen molar-refractivity contribution in [3.63, 3.8) is 0 Å². The van der Waals surface area contributed by atoms with E-state index in [1.165, 1.54) is 38.5 Å². The molecule has 26 heavy (non-hydrogen) atoms. The molecule has 0 amide bonds. The molecule has 2 unspecified atom stereocenters. The normalized spacial score (nSPS) is 26.2. The van der Waals surface area contributed by atoms with Crippen LogP contribution in [0.1, 0.15) is 84.9 Å². The zero-order valence-electron chi connectivity index (χ0n) is 15.6. The minimum atomic E-state index is -0.428. The summed E-state index contributed by atoms with van der Waals surface area (Å²) in [6.07, 6.45) is 11.9. The Morgan fingerprint density at radius 3 is 1.62 bits per heavy atom. The molecule has 142 valence electrons. The van der Waals surface area contributed by atoms with Crippen LogP contribution in [0.15, 0.2) is 24.3 Å². The second-order valence-electron chi connectivity index (χ2n) is 7.71. The van der Waals surface area contributed by atoms with Gasteiger partial charge in [0.2, 0.25) is 0 Å². The first kappa shape index (κ1) is 18.9. The summed E-state index contributed by atoms with van der Waals surface area (Å²) in [5.74, 6) is 0.615. The fourth-order valence-corrected chi connectivity index (χ4v) is 4.34. The van der Waals surface area contributed by atoms with Gasteiger partial charge in [-0.05, 0) is 56.1 Å². The summed E-state index contributed by atoms with van der Waals surface area (Å²) in [4.78, 5) is 24.7. The van der Waals surface area contributed by atoms with Gasteiger partial charge in [-0.25, -0.2) is 9.59 Å². The second kappa shape index (κ2) is 9.75. The Bertz CT molecular complexity index is 559.